The summed E-state index contributed by atoms with van der Waals surface area (Å²) in [7, 11) is 0. The number of aromatic nitrogens is 1. The molecule has 1 N–H and O–H groups in total. The Hall–Kier alpha value is -1.25. The van der Waals surface area contributed by atoms with E-state index in [1.165, 1.54) is 32.1 Å². The Labute approximate surface area is 116 Å². The van der Waals surface area contributed by atoms with E-state index in [1.54, 1.807) is 6.07 Å². The summed E-state index contributed by atoms with van der Waals surface area (Å²) < 4.78 is 1.81. The van der Waals surface area contributed by atoms with E-state index in [4.69, 9.17) is 0 Å². The van der Waals surface area contributed by atoms with Crippen LogP contribution < -0.4 is 10.9 Å². The summed E-state index contributed by atoms with van der Waals surface area (Å²) in [5.74, 6) is 0.862. The first-order chi connectivity index (χ1) is 9.19. The lowest BCUT2D eigenvalue weighted by atomic mass is 10.0. The van der Waals surface area contributed by atoms with Crippen LogP contribution in [-0.2, 0) is 6.54 Å². The Morgan fingerprint density at radius 3 is 2.89 bits per heavy atom. The summed E-state index contributed by atoms with van der Waals surface area (Å²) in [4.78, 5) is 11.7. The Bertz CT molecular complexity index is 452. The van der Waals surface area contributed by atoms with Gasteiger partial charge in [0.05, 0.1) is 5.69 Å². The van der Waals surface area contributed by atoms with Crippen LogP contribution in [0.5, 0.6) is 0 Å². The van der Waals surface area contributed by atoms with Crippen LogP contribution in [0.2, 0.25) is 0 Å². The van der Waals surface area contributed by atoms with Gasteiger partial charge in [-0.1, -0.05) is 26.7 Å². The summed E-state index contributed by atoms with van der Waals surface area (Å²) in [6.45, 7) is 5.25. The summed E-state index contributed by atoms with van der Waals surface area (Å²) in [5.41, 5.74) is 1.19. The number of aryl methyl sites for hydroxylation is 1. The zero-order valence-electron chi connectivity index (χ0n) is 12.2. The Balaban J connectivity index is 2.02. The Morgan fingerprint density at radius 1 is 1.26 bits per heavy atom. The maximum absolute atomic E-state index is 11.7. The molecule has 1 fully saturated rings. The molecule has 0 bridgehead atoms. The van der Waals surface area contributed by atoms with Gasteiger partial charge in [-0.25, -0.2) is 0 Å². The predicted octanol–water partition coefficient (Wildman–Crippen LogP) is 3.64. The van der Waals surface area contributed by atoms with Crippen molar-refractivity contribution in [2.75, 3.05) is 5.32 Å². The molecule has 1 aromatic heterocycles. The molecule has 2 rings (SSSR count). The van der Waals surface area contributed by atoms with Crippen molar-refractivity contribution in [3.8, 4) is 0 Å². The third-order valence-electron chi connectivity index (χ3n) is 4.08. The lowest BCUT2D eigenvalue weighted by molar-refractivity contribution is 0.502. The molecule has 3 nitrogen and oxygen atoms in total. The molecule has 1 aliphatic carbocycles. The van der Waals surface area contributed by atoms with Crippen molar-refractivity contribution < 1.29 is 0 Å². The van der Waals surface area contributed by atoms with E-state index >= 15 is 0 Å². The summed E-state index contributed by atoms with van der Waals surface area (Å²) >= 11 is 0. The third kappa shape index (κ3) is 4.12. The minimum Gasteiger partial charge on any atom is -0.381 e. The van der Waals surface area contributed by atoms with Crippen molar-refractivity contribution in [3.63, 3.8) is 0 Å². The Kier molecular flexibility index (Phi) is 5.06. The van der Waals surface area contributed by atoms with Gasteiger partial charge in [0.15, 0.2) is 0 Å². The van der Waals surface area contributed by atoms with Gasteiger partial charge in [-0.2, -0.15) is 0 Å². The van der Waals surface area contributed by atoms with E-state index in [0.717, 1.165) is 24.6 Å². The van der Waals surface area contributed by atoms with E-state index < -0.39 is 0 Å². The third-order valence-corrected chi connectivity index (χ3v) is 4.08. The molecule has 1 aromatic rings. The fourth-order valence-electron chi connectivity index (χ4n) is 2.90. The monoisotopic (exact) mass is 262 g/mol. The van der Waals surface area contributed by atoms with Crippen LogP contribution in [-0.4, -0.2) is 10.6 Å². The number of hydrogen-bond donors (Lipinski definition) is 1. The first-order valence-electron chi connectivity index (χ1n) is 7.66. The average Bonchev–Trinajstić information content (AvgIpc) is 2.59. The van der Waals surface area contributed by atoms with E-state index in [-0.39, 0.29) is 5.56 Å². The second-order valence-corrected chi connectivity index (χ2v) is 5.90. The summed E-state index contributed by atoms with van der Waals surface area (Å²) in [6.07, 6.45) is 9.43. The van der Waals surface area contributed by atoms with Crippen LogP contribution in [0.4, 0.5) is 5.69 Å². The molecule has 1 heterocycles. The van der Waals surface area contributed by atoms with Crippen molar-refractivity contribution in [2.45, 2.75) is 65.0 Å². The summed E-state index contributed by atoms with van der Waals surface area (Å²) in [5, 5.41) is 3.61. The van der Waals surface area contributed by atoms with Crippen molar-refractivity contribution in [3.05, 3.63) is 28.7 Å². The number of anilines is 1. The predicted molar refractivity (Wildman–Crippen MR) is 80.7 cm³/mol. The van der Waals surface area contributed by atoms with Crippen LogP contribution in [0.15, 0.2) is 23.1 Å². The molecule has 1 aliphatic rings. The first-order valence-corrected chi connectivity index (χ1v) is 7.66. The molecule has 0 aromatic carbocycles. The SMILES string of the molecule is CCCn1cc(NC2CCCC(C)CC2)ccc1=O. The number of hydrogen-bond acceptors (Lipinski definition) is 2. The maximum atomic E-state index is 11.7. The quantitative estimate of drug-likeness (QED) is 0.841. The Morgan fingerprint density at radius 2 is 2.11 bits per heavy atom. The fraction of sp³-hybridized carbons (Fsp3) is 0.688. The van der Waals surface area contributed by atoms with Gasteiger partial charge < -0.3 is 9.88 Å². The van der Waals surface area contributed by atoms with E-state index in [1.807, 2.05) is 16.8 Å². The lowest BCUT2D eigenvalue weighted by Crippen LogP contribution is -2.22. The first kappa shape index (κ1) is 14.2. The van der Waals surface area contributed by atoms with Crippen LogP contribution in [0, 0.1) is 5.92 Å². The van der Waals surface area contributed by atoms with Gasteiger partial charge in [-0.15, -0.1) is 0 Å². The zero-order valence-corrected chi connectivity index (χ0v) is 12.2. The highest BCUT2D eigenvalue weighted by molar-refractivity contribution is 5.41. The molecule has 106 valence electrons. The molecule has 0 aliphatic heterocycles. The molecule has 0 amide bonds. The molecule has 2 unspecified atom stereocenters. The lowest BCUT2D eigenvalue weighted by Gasteiger charge is -2.18. The molecule has 0 spiro atoms. The van der Waals surface area contributed by atoms with Crippen LogP contribution in [0.1, 0.15) is 52.4 Å². The average molecular weight is 262 g/mol. The van der Waals surface area contributed by atoms with Gasteiger partial charge in [0, 0.05) is 24.8 Å². The largest absolute Gasteiger partial charge is 0.381 e. The molecule has 0 saturated heterocycles. The summed E-state index contributed by atoms with van der Waals surface area (Å²) in [6, 6.07) is 4.16. The number of pyridine rings is 1. The van der Waals surface area contributed by atoms with E-state index in [2.05, 4.69) is 19.2 Å². The zero-order chi connectivity index (χ0) is 13.7. The van der Waals surface area contributed by atoms with Gasteiger partial charge in [0.25, 0.3) is 5.56 Å². The van der Waals surface area contributed by atoms with Gasteiger partial charge in [-0.3, -0.25) is 4.79 Å². The van der Waals surface area contributed by atoms with Gasteiger partial charge in [0.2, 0.25) is 0 Å². The second-order valence-electron chi connectivity index (χ2n) is 5.90. The van der Waals surface area contributed by atoms with E-state index in [9.17, 15) is 4.79 Å². The molecular formula is C16H26N2O. The molecule has 1 saturated carbocycles. The van der Waals surface area contributed by atoms with Gasteiger partial charge in [0.1, 0.15) is 0 Å². The minimum atomic E-state index is 0.0990. The number of nitrogens with zero attached hydrogens (tertiary/aromatic N) is 1. The number of nitrogens with one attached hydrogen (secondary N) is 1. The highest BCUT2D eigenvalue weighted by atomic mass is 16.1. The van der Waals surface area contributed by atoms with Crippen LogP contribution >= 0.6 is 0 Å². The van der Waals surface area contributed by atoms with Crippen molar-refractivity contribution in [1.29, 1.82) is 0 Å². The second kappa shape index (κ2) is 6.78. The molecular weight excluding hydrogens is 236 g/mol. The maximum Gasteiger partial charge on any atom is 0.250 e. The topological polar surface area (TPSA) is 34.0 Å². The smallest absolute Gasteiger partial charge is 0.250 e. The minimum absolute atomic E-state index is 0.0990. The van der Waals surface area contributed by atoms with Crippen molar-refractivity contribution in [2.24, 2.45) is 5.92 Å². The molecule has 2 atom stereocenters. The normalized spacial score (nSPS) is 23.9. The highest BCUT2D eigenvalue weighted by Crippen LogP contribution is 2.24. The highest BCUT2D eigenvalue weighted by Gasteiger charge is 2.16. The fourth-order valence-corrected chi connectivity index (χ4v) is 2.90. The van der Waals surface area contributed by atoms with Crippen LogP contribution in [0.25, 0.3) is 0 Å². The van der Waals surface area contributed by atoms with Gasteiger partial charge >= 0.3 is 0 Å². The van der Waals surface area contributed by atoms with Crippen molar-refractivity contribution in [1.82, 2.24) is 4.57 Å². The molecule has 19 heavy (non-hydrogen) atoms. The standard InChI is InChI=1S/C16H26N2O/c1-3-11-18-12-15(9-10-16(18)19)17-14-6-4-5-13(2)7-8-14/h9-10,12-14,17H,3-8,11H2,1-2H3. The molecule has 3 heteroatoms. The molecule has 0 radical (unpaired) electrons. The van der Waals surface area contributed by atoms with E-state index in [0.29, 0.717) is 6.04 Å². The number of rotatable bonds is 4. The van der Waals surface area contributed by atoms with Crippen molar-refractivity contribution >= 4 is 5.69 Å². The van der Waals surface area contributed by atoms with Crippen LogP contribution in [0.3, 0.4) is 0 Å². The van der Waals surface area contributed by atoms with Gasteiger partial charge in [-0.05, 0) is 37.7 Å².